The Labute approximate surface area is 479 Å². The summed E-state index contributed by atoms with van der Waals surface area (Å²) < 4.78 is 15.7. The molecule has 7 aromatic carbocycles. The molecule has 4 saturated heterocycles. The highest BCUT2D eigenvalue weighted by Gasteiger charge is 2.27. The molecule has 0 spiro atoms. The van der Waals surface area contributed by atoms with Gasteiger partial charge in [0.1, 0.15) is 5.75 Å². The molecule has 0 aromatic heterocycles. The molecular formula is C59H37N11O7S4. The molecule has 7 aromatic rings. The lowest BCUT2D eigenvalue weighted by Crippen LogP contribution is -2.19. The first kappa shape index (κ1) is 55.4. The molecule has 12 rings (SSSR count). The fraction of sp³-hybridized carbons (Fsp3) is 0.0339. The number of methoxy groups -OCH3 is 1. The quantitative estimate of drug-likeness (QED) is 0.0710. The first-order valence-corrected chi connectivity index (χ1v) is 27.0. The van der Waals surface area contributed by atoms with E-state index < -0.39 is 0 Å². The zero-order valence-electron chi connectivity index (χ0n) is 42.0. The zero-order chi connectivity index (χ0) is 56.7. The SMILES string of the molecule is C#CN=C1NC(=O)/C(=C/c2cccc3ccccc23)S1.COc1ccc2ccc(/C=C3\SC(=NC#N)NC3=O)cc2c1.N#CN=C1NC(=O)/C(=C/c2ccc3c(c2)OCO3)S1.N#CN=C1NC(=O)/C(=C/c2ccc3ccccc3c2)S1. The second-order valence-corrected chi connectivity index (χ2v) is 20.7. The Bertz CT molecular complexity index is 4190. The first-order chi connectivity index (χ1) is 39.5. The third kappa shape index (κ3) is 14.2. The minimum atomic E-state index is -0.267. The second kappa shape index (κ2) is 26.3. The highest BCUT2D eigenvalue weighted by Crippen LogP contribution is 2.35. The van der Waals surface area contributed by atoms with E-state index in [0.717, 1.165) is 83.8 Å². The third-order valence-electron chi connectivity index (χ3n) is 11.5. The van der Waals surface area contributed by atoms with E-state index in [0.29, 0.717) is 51.8 Å². The first-order valence-electron chi connectivity index (χ1n) is 23.7. The Hall–Kier alpha value is -10.3. The maximum atomic E-state index is 11.9. The molecule has 0 bridgehead atoms. The fourth-order valence-electron chi connectivity index (χ4n) is 7.85. The Morgan fingerprint density at radius 1 is 0.481 bits per heavy atom. The lowest BCUT2D eigenvalue weighted by atomic mass is 10.0. The van der Waals surface area contributed by atoms with E-state index in [1.165, 1.54) is 23.5 Å². The van der Waals surface area contributed by atoms with Crippen molar-refractivity contribution < 1.29 is 33.4 Å². The predicted molar refractivity (Wildman–Crippen MR) is 321 cm³/mol. The molecule has 5 heterocycles. The molecule has 81 heavy (non-hydrogen) atoms. The molecule has 0 atom stereocenters. The molecule has 394 valence electrons. The Morgan fingerprint density at radius 3 is 1.48 bits per heavy atom. The predicted octanol–water partition coefficient (Wildman–Crippen LogP) is 10.2. The third-order valence-corrected chi connectivity index (χ3v) is 15.1. The van der Waals surface area contributed by atoms with Crippen molar-refractivity contribution in [3.8, 4) is 48.3 Å². The molecule has 4 N–H and O–H groups in total. The number of rotatable bonds is 5. The number of thioether (sulfide) groups is 4. The zero-order valence-corrected chi connectivity index (χ0v) is 45.3. The summed E-state index contributed by atoms with van der Waals surface area (Å²) in [5.41, 5.74) is 3.67. The van der Waals surface area contributed by atoms with Gasteiger partial charge in [0, 0.05) is 6.04 Å². The molecular weight excluding hydrogens is 1100 g/mol. The van der Waals surface area contributed by atoms with Crippen LogP contribution in [0.3, 0.4) is 0 Å². The van der Waals surface area contributed by atoms with Gasteiger partial charge < -0.3 is 14.2 Å². The van der Waals surface area contributed by atoms with Gasteiger partial charge in [0.2, 0.25) is 25.4 Å². The lowest BCUT2D eigenvalue weighted by molar-refractivity contribution is -0.116. The maximum Gasteiger partial charge on any atom is 0.264 e. The number of hydrogen-bond donors (Lipinski definition) is 4. The number of benzene rings is 7. The van der Waals surface area contributed by atoms with Crippen LogP contribution in [0.4, 0.5) is 0 Å². The van der Waals surface area contributed by atoms with Gasteiger partial charge in [-0.25, -0.2) is 0 Å². The van der Waals surface area contributed by atoms with Crippen molar-refractivity contribution in [3.05, 3.63) is 181 Å². The van der Waals surface area contributed by atoms with Gasteiger partial charge >= 0.3 is 0 Å². The van der Waals surface area contributed by atoms with Crippen LogP contribution in [0.1, 0.15) is 22.3 Å². The summed E-state index contributed by atoms with van der Waals surface area (Å²) in [5, 5.41) is 43.7. The van der Waals surface area contributed by atoms with Gasteiger partial charge in [-0.2, -0.15) is 20.8 Å². The number of ether oxygens (including phenoxy) is 3. The van der Waals surface area contributed by atoms with Gasteiger partial charge in [0.15, 0.2) is 32.2 Å². The normalized spacial score (nSPS) is 18.8. The van der Waals surface area contributed by atoms with Crippen LogP contribution in [-0.2, 0) is 19.2 Å². The number of nitriles is 3. The van der Waals surface area contributed by atoms with Crippen molar-refractivity contribution in [1.82, 2.24) is 21.3 Å². The standard InChI is InChI=1S/C16H11N3O2S.C16H10N2OS.C15H9N3OS.C12H7N3O3S/c1-21-13-5-4-11-3-2-10(6-12(11)8-13)7-14-15(20)19-16(22-14)18-9-17;1-2-17-16-18-15(19)14(20-16)10-12-8-5-7-11-6-3-4-9-13(11)12;16-9-17-15-18-14(19)13(20-15)8-10-5-6-11-3-1-2-4-12(11)7-10;13-5-14-12-15-11(16)10(19-12)4-7-1-2-8-9(3-7)18-6-17-8/h2-8H,1H3,(H,18,19,20);1,3-10H,(H,17,18,19);1-8H,(H,17,18,19);1-4H,6H2,(H,14,15,16)/b14-7-;14-10-;13-8-;10-4-. The highest BCUT2D eigenvalue weighted by molar-refractivity contribution is 8.19. The minimum Gasteiger partial charge on any atom is -0.497 e. The van der Waals surface area contributed by atoms with E-state index in [1.807, 2.05) is 133 Å². The summed E-state index contributed by atoms with van der Waals surface area (Å²) in [6.07, 6.45) is 17.2. The smallest absolute Gasteiger partial charge is 0.264 e. The van der Waals surface area contributed by atoms with Gasteiger partial charge in [-0.1, -0.05) is 110 Å². The van der Waals surface area contributed by atoms with E-state index >= 15 is 0 Å². The number of carbonyl (C=O) groups is 4. The van der Waals surface area contributed by atoms with Crippen LogP contribution in [0.2, 0.25) is 0 Å². The molecule has 0 radical (unpaired) electrons. The van der Waals surface area contributed by atoms with E-state index in [4.69, 9.17) is 36.4 Å². The summed E-state index contributed by atoms with van der Waals surface area (Å²) in [4.78, 5) is 63.5. The van der Waals surface area contributed by atoms with Gasteiger partial charge in [-0.15, -0.1) is 15.0 Å². The van der Waals surface area contributed by atoms with Gasteiger partial charge in [0.05, 0.1) is 26.7 Å². The van der Waals surface area contributed by atoms with Crippen molar-refractivity contribution in [3.63, 3.8) is 0 Å². The molecule has 4 fully saturated rings. The Kier molecular flexibility index (Phi) is 18.0. The number of terminal acetylenes is 1. The van der Waals surface area contributed by atoms with E-state index in [1.54, 1.807) is 56.1 Å². The fourth-order valence-corrected chi connectivity index (χ4v) is 11.0. The molecule has 0 aliphatic carbocycles. The average molecular weight is 1140 g/mol. The summed E-state index contributed by atoms with van der Waals surface area (Å²) in [6, 6.07) is 47.4. The molecule has 0 saturated carbocycles. The summed E-state index contributed by atoms with van der Waals surface area (Å²) in [6.45, 7) is 0.212. The number of carbonyl (C=O) groups excluding carboxylic acids is 4. The van der Waals surface area contributed by atoms with Crippen LogP contribution >= 0.6 is 47.0 Å². The number of hydrogen-bond acceptors (Lipinski definition) is 18. The number of nitrogens with one attached hydrogen (secondary N) is 4. The van der Waals surface area contributed by atoms with Crippen molar-refractivity contribution in [1.29, 1.82) is 15.8 Å². The maximum absolute atomic E-state index is 11.9. The van der Waals surface area contributed by atoms with E-state index in [9.17, 15) is 19.2 Å². The number of amidine groups is 4. The Morgan fingerprint density at radius 2 is 0.926 bits per heavy atom. The summed E-state index contributed by atoms with van der Waals surface area (Å²) in [7, 11) is 1.63. The van der Waals surface area contributed by atoms with Crippen molar-refractivity contribution in [2.75, 3.05) is 13.9 Å². The number of fused-ring (bicyclic) bond motifs is 4. The van der Waals surface area contributed by atoms with Crippen LogP contribution in [0.5, 0.6) is 17.2 Å². The van der Waals surface area contributed by atoms with Crippen LogP contribution < -0.4 is 35.5 Å². The van der Waals surface area contributed by atoms with Crippen molar-refractivity contribution in [2.24, 2.45) is 20.0 Å². The largest absolute Gasteiger partial charge is 0.497 e. The summed E-state index contributed by atoms with van der Waals surface area (Å²) in [5.74, 6) is 1.23. The van der Waals surface area contributed by atoms with Crippen molar-refractivity contribution in [2.45, 2.75) is 0 Å². The second-order valence-electron chi connectivity index (χ2n) is 16.6. The number of nitrogens with zero attached hydrogens (tertiary/aromatic N) is 7. The Balaban J connectivity index is 0.000000131. The van der Waals surface area contributed by atoms with E-state index in [-0.39, 0.29) is 30.4 Å². The van der Waals surface area contributed by atoms with Crippen molar-refractivity contribution >= 4 is 148 Å². The van der Waals surface area contributed by atoms with Crippen LogP contribution in [0.15, 0.2) is 179 Å². The van der Waals surface area contributed by atoms with Gasteiger partial charge in [-0.3, -0.25) is 40.4 Å². The number of aliphatic imine (C=N–C) groups is 4. The van der Waals surface area contributed by atoms with Crippen LogP contribution in [0.25, 0.3) is 56.6 Å². The lowest BCUT2D eigenvalue weighted by Gasteiger charge is -2.03. The molecule has 18 nitrogen and oxygen atoms in total. The molecule has 5 aliphatic heterocycles. The average Bonchev–Trinajstić information content (AvgIpc) is 4.38. The molecule has 0 unspecified atom stereocenters. The van der Waals surface area contributed by atoms with Gasteiger partial charge in [-0.05, 0) is 162 Å². The van der Waals surface area contributed by atoms with E-state index in [2.05, 4.69) is 47.3 Å². The topological polar surface area (TPSA) is 265 Å². The van der Waals surface area contributed by atoms with Crippen LogP contribution in [0, 0.1) is 46.8 Å². The number of amides is 4. The summed E-state index contributed by atoms with van der Waals surface area (Å²) >= 11 is 4.71. The molecule has 4 amide bonds. The van der Waals surface area contributed by atoms with Crippen LogP contribution in [-0.4, -0.2) is 58.2 Å². The molecule has 5 aliphatic rings. The van der Waals surface area contributed by atoms with Gasteiger partial charge in [0.25, 0.3) is 23.6 Å². The minimum absolute atomic E-state index is 0.170. The monoisotopic (exact) mass is 1140 g/mol. The molecule has 22 heteroatoms. The highest BCUT2D eigenvalue weighted by atomic mass is 32.2.